The molecule has 16 heavy (non-hydrogen) atoms. The number of rotatable bonds is 2. The van der Waals surface area contributed by atoms with Gasteiger partial charge in [-0.3, -0.25) is 0 Å². The van der Waals surface area contributed by atoms with Gasteiger partial charge in [0.2, 0.25) is 0 Å². The van der Waals surface area contributed by atoms with E-state index < -0.39 is 0 Å². The maximum atomic E-state index is 4.84. The van der Waals surface area contributed by atoms with Crippen molar-refractivity contribution in [3.05, 3.63) is 15.6 Å². The standard InChI is InChI=1S/C13H20N2S/c1-2-4-12-11(3-1)15-13(16-12)9-10-5-7-14-8-6-10/h10,14H,1-9H2. The minimum absolute atomic E-state index is 0.883. The summed E-state index contributed by atoms with van der Waals surface area (Å²) in [6, 6.07) is 0. The van der Waals surface area contributed by atoms with Crippen LogP contribution in [0.4, 0.5) is 0 Å². The predicted molar refractivity (Wildman–Crippen MR) is 68.1 cm³/mol. The van der Waals surface area contributed by atoms with Crippen molar-refractivity contribution in [2.75, 3.05) is 13.1 Å². The molecule has 0 saturated carbocycles. The van der Waals surface area contributed by atoms with Crippen LogP contribution in [-0.4, -0.2) is 18.1 Å². The molecular formula is C13H20N2S. The molecule has 3 heteroatoms. The van der Waals surface area contributed by atoms with Gasteiger partial charge in [-0.25, -0.2) is 4.98 Å². The lowest BCUT2D eigenvalue weighted by Crippen LogP contribution is -2.28. The first kappa shape index (κ1) is 10.7. The van der Waals surface area contributed by atoms with Gasteiger partial charge in [0.1, 0.15) is 0 Å². The van der Waals surface area contributed by atoms with Crippen LogP contribution in [0.15, 0.2) is 0 Å². The molecule has 1 aromatic rings. The molecule has 1 fully saturated rings. The van der Waals surface area contributed by atoms with E-state index in [9.17, 15) is 0 Å². The van der Waals surface area contributed by atoms with Crippen LogP contribution in [0.3, 0.4) is 0 Å². The molecule has 1 aliphatic carbocycles. The van der Waals surface area contributed by atoms with Gasteiger partial charge in [-0.1, -0.05) is 0 Å². The third-order valence-electron chi connectivity index (χ3n) is 3.81. The lowest BCUT2D eigenvalue weighted by atomic mass is 9.95. The summed E-state index contributed by atoms with van der Waals surface area (Å²) in [5, 5.41) is 4.85. The normalized spacial score (nSPS) is 22.0. The maximum Gasteiger partial charge on any atom is 0.0933 e. The Morgan fingerprint density at radius 2 is 2.00 bits per heavy atom. The van der Waals surface area contributed by atoms with E-state index in [4.69, 9.17) is 4.98 Å². The molecule has 88 valence electrons. The Bertz CT molecular complexity index is 329. The summed E-state index contributed by atoms with van der Waals surface area (Å²) in [6.07, 6.45) is 9.16. The Hall–Kier alpha value is -0.410. The van der Waals surface area contributed by atoms with Gasteiger partial charge in [-0.2, -0.15) is 0 Å². The van der Waals surface area contributed by atoms with Crippen LogP contribution in [0.2, 0.25) is 0 Å². The van der Waals surface area contributed by atoms with E-state index in [1.807, 2.05) is 11.3 Å². The van der Waals surface area contributed by atoms with E-state index >= 15 is 0 Å². The summed E-state index contributed by atoms with van der Waals surface area (Å²) in [7, 11) is 0. The molecule has 0 radical (unpaired) electrons. The minimum atomic E-state index is 0.883. The second-order valence-electron chi connectivity index (χ2n) is 5.08. The van der Waals surface area contributed by atoms with Crippen LogP contribution in [0, 0.1) is 5.92 Å². The summed E-state index contributed by atoms with van der Waals surface area (Å²) in [6.45, 7) is 2.41. The fraction of sp³-hybridized carbons (Fsp3) is 0.769. The highest BCUT2D eigenvalue weighted by Crippen LogP contribution is 2.29. The number of aromatic nitrogens is 1. The topological polar surface area (TPSA) is 24.9 Å². The Morgan fingerprint density at radius 1 is 1.19 bits per heavy atom. The van der Waals surface area contributed by atoms with Crippen molar-refractivity contribution in [1.82, 2.24) is 10.3 Å². The van der Waals surface area contributed by atoms with Crippen LogP contribution in [-0.2, 0) is 19.3 Å². The van der Waals surface area contributed by atoms with Crippen molar-refractivity contribution in [2.24, 2.45) is 5.92 Å². The fourth-order valence-electron chi connectivity index (χ4n) is 2.83. The summed E-state index contributed by atoms with van der Waals surface area (Å²) in [5.41, 5.74) is 1.43. The van der Waals surface area contributed by atoms with Gasteiger partial charge in [0.25, 0.3) is 0 Å². The van der Waals surface area contributed by atoms with Gasteiger partial charge in [0, 0.05) is 11.3 Å². The van der Waals surface area contributed by atoms with Crippen LogP contribution in [0.5, 0.6) is 0 Å². The molecule has 3 rings (SSSR count). The monoisotopic (exact) mass is 236 g/mol. The van der Waals surface area contributed by atoms with Crippen molar-refractivity contribution in [3.63, 3.8) is 0 Å². The lowest BCUT2D eigenvalue weighted by Gasteiger charge is -2.21. The van der Waals surface area contributed by atoms with E-state index in [-0.39, 0.29) is 0 Å². The van der Waals surface area contributed by atoms with Crippen LogP contribution < -0.4 is 5.32 Å². The molecule has 1 N–H and O–H groups in total. The van der Waals surface area contributed by atoms with E-state index in [2.05, 4.69) is 5.32 Å². The first-order valence-corrected chi connectivity index (χ1v) is 7.41. The summed E-state index contributed by atoms with van der Waals surface area (Å²) in [4.78, 5) is 6.44. The highest BCUT2D eigenvalue weighted by Gasteiger charge is 2.19. The number of fused-ring (bicyclic) bond motifs is 1. The Kier molecular flexibility index (Phi) is 3.25. The molecule has 0 spiro atoms. The number of hydrogen-bond donors (Lipinski definition) is 1. The fourth-order valence-corrected chi connectivity index (χ4v) is 4.10. The molecule has 0 amide bonds. The molecule has 0 unspecified atom stereocenters. The number of aryl methyl sites for hydroxylation is 2. The van der Waals surface area contributed by atoms with E-state index in [1.165, 1.54) is 68.7 Å². The van der Waals surface area contributed by atoms with Gasteiger partial charge in [-0.05, 0) is 57.5 Å². The molecule has 2 nitrogen and oxygen atoms in total. The van der Waals surface area contributed by atoms with Crippen molar-refractivity contribution in [1.29, 1.82) is 0 Å². The first-order valence-electron chi connectivity index (χ1n) is 6.60. The first-order chi connectivity index (χ1) is 7.92. The zero-order valence-corrected chi connectivity index (χ0v) is 10.6. The van der Waals surface area contributed by atoms with Gasteiger partial charge in [0.05, 0.1) is 10.7 Å². The molecule has 2 aliphatic rings. The number of nitrogens with one attached hydrogen (secondary N) is 1. The number of nitrogens with zero attached hydrogens (tertiary/aromatic N) is 1. The highest BCUT2D eigenvalue weighted by atomic mass is 32.1. The van der Waals surface area contributed by atoms with E-state index in [0.717, 1.165) is 5.92 Å². The third-order valence-corrected chi connectivity index (χ3v) is 4.99. The quantitative estimate of drug-likeness (QED) is 0.853. The zero-order chi connectivity index (χ0) is 10.8. The van der Waals surface area contributed by atoms with Gasteiger partial charge in [0.15, 0.2) is 0 Å². The molecule has 0 aromatic carbocycles. The predicted octanol–water partition coefficient (Wildman–Crippen LogP) is 2.56. The number of thiazole rings is 1. The van der Waals surface area contributed by atoms with Crippen molar-refractivity contribution < 1.29 is 0 Å². The summed E-state index contributed by atoms with van der Waals surface area (Å²) in [5.74, 6) is 0.883. The lowest BCUT2D eigenvalue weighted by molar-refractivity contribution is 0.372. The molecule has 1 saturated heterocycles. The number of piperidine rings is 1. The molecule has 0 bridgehead atoms. The minimum Gasteiger partial charge on any atom is -0.317 e. The Balaban J connectivity index is 1.67. The smallest absolute Gasteiger partial charge is 0.0933 e. The summed E-state index contributed by atoms with van der Waals surface area (Å²) >= 11 is 2.00. The van der Waals surface area contributed by atoms with E-state index in [1.54, 1.807) is 4.88 Å². The highest BCUT2D eigenvalue weighted by molar-refractivity contribution is 7.11. The third kappa shape index (κ3) is 2.30. The SMILES string of the molecule is C1CCc2sc(CC3CCNCC3)nc2C1. The average Bonchev–Trinajstić information content (AvgIpc) is 2.72. The molecule has 1 aliphatic heterocycles. The molecule has 2 heterocycles. The Morgan fingerprint density at radius 3 is 2.81 bits per heavy atom. The second kappa shape index (κ2) is 4.84. The average molecular weight is 236 g/mol. The van der Waals surface area contributed by atoms with Crippen molar-refractivity contribution in [3.8, 4) is 0 Å². The van der Waals surface area contributed by atoms with Crippen LogP contribution >= 0.6 is 11.3 Å². The molecular weight excluding hydrogens is 216 g/mol. The largest absolute Gasteiger partial charge is 0.317 e. The second-order valence-corrected chi connectivity index (χ2v) is 6.25. The van der Waals surface area contributed by atoms with Crippen molar-refractivity contribution >= 4 is 11.3 Å². The Labute approximate surface area is 101 Å². The summed E-state index contributed by atoms with van der Waals surface area (Å²) < 4.78 is 0. The molecule has 0 atom stereocenters. The van der Waals surface area contributed by atoms with Crippen LogP contribution in [0.1, 0.15) is 41.3 Å². The van der Waals surface area contributed by atoms with Crippen molar-refractivity contribution in [2.45, 2.75) is 44.9 Å². The van der Waals surface area contributed by atoms with Gasteiger partial charge >= 0.3 is 0 Å². The zero-order valence-electron chi connectivity index (χ0n) is 9.80. The van der Waals surface area contributed by atoms with Crippen LogP contribution in [0.25, 0.3) is 0 Å². The van der Waals surface area contributed by atoms with Gasteiger partial charge in [-0.15, -0.1) is 11.3 Å². The number of hydrogen-bond acceptors (Lipinski definition) is 3. The van der Waals surface area contributed by atoms with Gasteiger partial charge < -0.3 is 5.32 Å². The maximum absolute atomic E-state index is 4.84. The molecule has 1 aromatic heterocycles. The van der Waals surface area contributed by atoms with E-state index in [0.29, 0.717) is 0 Å².